The number of hydrogen-bond acceptors (Lipinski definition) is 4. The van der Waals surface area contributed by atoms with E-state index >= 15 is 0 Å². The monoisotopic (exact) mass is 485 g/mol. The van der Waals surface area contributed by atoms with Crippen molar-refractivity contribution in [3.8, 4) is 22.6 Å². The summed E-state index contributed by atoms with van der Waals surface area (Å²) in [5.41, 5.74) is 3.32. The van der Waals surface area contributed by atoms with Gasteiger partial charge in [0.15, 0.2) is 0 Å². The number of aliphatic hydroxyl groups is 1. The van der Waals surface area contributed by atoms with Crippen LogP contribution in [0.1, 0.15) is 43.0 Å². The highest BCUT2D eigenvalue weighted by atomic mass is 19.1. The maximum atomic E-state index is 12.9. The quantitative estimate of drug-likeness (QED) is 0.282. The Bertz CT molecular complexity index is 1340. The van der Waals surface area contributed by atoms with E-state index in [0.717, 1.165) is 11.3 Å². The zero-order chi connectivity index (χ0) is 25.7. The molecule has 36 heavy (non-hydrogen) atoms. The molecule has 1 fully saturated rings. The molecule has 4 aromatic rings. The molecule has 4 aromatic carbocycles. The zero-order valence-corrected chi connectivity index (χ0v) is 19.9. The Kier molecular flexibility index (Phi) is 7.66. The van der Waals surface area contributed by atoms with Gasteiger partial charge in [0.2, 0.25) is 5.91 Å². The molecule has 0 saturated carbocycles. The van der Waals surface area contributed by atoms with E-state index < -0.39 is 6.10 Å². The third-order valence-corrected chi connectivity index (χ3v) is 6.24. The summed E-state index contributed by atoms with van der Waals surface area (Å²) in [6.07, 6.45) is 0.246. The van der Waals surface area contributed by atoms with Crippen LogP contribution in [0.5, 0.6) is 11.5 Å². The number of phenolic OH excluding ortho intramolecular Hbond substituents is 2. The molecule has 5 rings (SSSR count). The lowest BCUT2D eigenvalue weighted by atomic mass is 9.90. The average Bonchev–Trinajstić information content (AvgIpc) is 2.88. The summed E-state index contributed by atoms with van der Waals surface area (Å²) in [5, 5.41) is 29.8. The molecule has 6 heteroatoms. The first kappa shape index (κ1) is 24.9. The van der Waals surface area contributed by atoms with Crippen LogP contribution < -0.4 is 4.90 Å². The number of aliphatic hydroxyl groups excluding tert-OH is 1. The van der Waals surface area contributed by atoms with E-state index in [0.29, 0.717) is 29.5 Å². The van der Waals surface area contributed by atoms with Crippen molar-refractivity contribution in [1.82, 2.24) is 0 Å². The van der Waals surface area contributed by atoms with E-state index in [9.17, 15) is 24.5 Å². The number of amides is 1. The van der Waals surface area contributed by atoms with Gasteiger partial charge in [0, 0.05) is 22.4 Å². The van der Waals surface area contributed by atoms with Gasteiger partial charge in [-0.2, -0.15) is 0 Å². The third-order valence-electron chi connectivity index (χ3n) is 6.24. The van der Waals surface area contributed by atoms with Crippen LogP contribution in [0.2, 0.25) is 0 Å². The molecule has 1 aliphatic heterocycles. The first-order valence-electron chi connectivity index (χ1n) is 11.8. The van der Waals surface area contributed by atoms with Gasteiger partial charge in [0.1, 0.15) is 17.3 Å². The lowest BCUT2D eigenvalue weighted by Gasteiger charge is -2.41. The Balaban J connectivity index is 0.000000233. The number of anilines is 1. The molecular weight excluding hydrogens is 457 g/mol. The second-order valence-electron chi connectivity index (χ2n) is 8.56. The van der Waals surface area contributed by atoms with E-state index in [1.807, 2.05) is 55.5 Å². The highest BCUT2D eigenvalue weighted by molar-refractivity contribution is 6.01. The molecule has 0 aromatic heterocycles. The minimum atomic E-state index is -0.670. The molecule has 5 nitrogen and oxygen atoms in total. The number of β-lactam (4-membered cyclic amide) rings is 1. The number of carbonyl (C=O) groups excluding carboxylic acids is 1. The molecular formula is C30H28FNO4. The molecule has 0 aliphatic carbocycles. The van der Waals surface area contributed by atoms with Crippen LogP contribution in [0.15, 0.2) is 97.1 Å². The number of para-hydroxylation sites is 2. The Morgan fingerprint density at radius 1 is 0.889 bits per heavy atom. The fourth-order valence-electron chi connectivity index (χ4n) is 4.25. The molecule has 1 saturated heterocycles. The molecule has 0 spiro atoms. The van der Waals surface area contributed by atoms with Gasteiger partial charge in [-0.1, -0.05) is 73.7 Å². The minimum Gasteiger partial charge on any atom is -0.508 e. The van der Waals surface area contributed by atoms with E-state index in [2.05, 4.69) is 0 Å². The number of benzene rings is 4. The van der Waals surface area contributed by atoms with Gasteiger partial charge in [-0.05, 0) is 42.3 Å². The van der Waals surface area contributed by atoms with Crippen molar-refractivity contribution < 1.29 is 24.5 Å². The minimum absolute atomic E-state index is 0.0420. The van der Waals surface area contributed by atoms with Crippen LogP contribution in [0, 0.1) is 5.82 Å². The molecule has 2 unspecified atom stereocenters. The van der Waals surface area contributed by atoms with Crippen LogP contribution >= 0.6 is 0 Å². The number of carbonyl (C=O) groups is 1. The van der Waals surface area contributed by atoms with Crippen molar-refractivity contribution in [2.75, 3.05) is 4.90 Å². The summed E-state index contributed by atoms with van der Waals surface area (Å²) in [6.45, 7) is 1.82. The molecule has 0 radical (unpaired) electrons. The second kappa shape index (κ2) is 11.1. The molecule has 3 N–H and O–H groups in total. The fourth-order valence-corrected chi connectivity index (χ4v) is 4.25. The summed E-state index contributed by atoms with van der Waals surface area (Å²) in [5.74, 6) is 0.000739. The highest BCUT2D eigenvalue weighted by Gasteiger charge is 2.39. The maximum absolute atomic E-state index is 12.9. The van der Waals surface area contributed by atoms with Gasteiger partial charge in [-0.3, -0.25) is 4.79 Å². The van der Waals surface area contributed by atoms with Gasteiger partial charge in [-0.25, -0.2) is 4.39 Å². The van der Waals surface area contributed by atoms with Gasteiger partial charge in [0.05, 0.1) is 18.6 Å². The smallest absolute Gasteiger partial charge is 0.230 e. The van der Waals surface area contributed by atoms with Crippen molar-refractivity contribution in [3.63, 3.8) is 0 Å². The number of nitrogens with zero attached hydrogens (tertiary/aromatic N) is 1. The van der Waals surface area contributed by atoms with Crippen molar-refractivity contribution in [3.05, 3.63) is 114 Å². The number of rotatable bonds is 5. The fraction of sp³-hybridized carbons (Fsp3) is 0.167. The largest absolute Gasteiger partial charge is 0.508 e. The topological polar surface area (TPSA) is 81.0 Å². The van der Waals surface area contributed by atoms with Gasteiger partial charge in [-0.15, -0.1) is 0 Å². The Morgan fingerprint density at radius 3 is 2.19 bits per heavy atom. The molecule has 1 aliphatic rings. The number of halogens is 1. The average molecular weight is 486 g/mol. The summed E-state index contributed by atoms with van der Waals surface area (Å²) < 4.78 is 12.9. The van der Waals surface area contributed by atoms with Crippen LogP contribution in [-0.2, 0) is 4.79 Å². The SMILES string of the molecule is CCC(O)c1ccccc1F.O=C1CC(c2ccc(-c3ccccc3O)cc2O)N1c1ccccc1. The second-order valence-corrected chi connectivity index (χ2v) is 8.56. The molecule has 2 atom stereocenters. The highest BCUT2D eigenvalue weighted by Crippen LogP contribution is 2.43. The van der Waals surface area contributed by atoms with Crippen molar-refractivity contribution in [2.45, 2.75) is 31.9 Å². The number of hydrogen-bond donors (Lipinski definition) is 3. The summed E-state index contributed by atoms with van der Waals surface area (Å²) in [6, 6.07) is 27.9. The van der Waals surface area contributed by atoms with Crippen molar-refractivity contribution >= 4 is 11.6 Å². The molecule has 184 valence electrons. The van der Waals surface area contributed by atoms with E-state index in [1.165, 1.54) is 6.07 Å². The summed E-state index contributed by atoms with van der Waals surface area (Å²) >= 11 is 0. The van der Waals surface area contributed by atoms with Crippen LogP contribution in [0.3, 0.4) is 0 Å². The lowest BCUT2D eigenvalue weighted by Crippen LogP contribution is -2.46. The number of phenols is 2. The molecule has 1 amide bonds. The molecule has 0 bridgehead atoms. The van der Waals surface area contributed by atoms with Gasteiger partial charge < -0.3 is 20.2 Å². The Labute approximate surface area is 209 Å². The van der Waals surface area contributed by atoms with E-state index in [4.69, 9.17) is 0 Å². The third kappa shape index (κ3) is 5.24. The number of aromatic hydroxyl groups is 2. The van der Waals surface area contributed by atoms with E-state index in [-0.39, 0.29) is 29.3 Å². The zero-order valence-electron chi connectivity index (χ0n) is 19.9. The summed E-state index contributed by atoms with van der Waals surface area (Å²) in [7, 11) is 0. The Morgan fingerprint density at radius 2 is 1.56 bits per heavy atom. The van der Waals surface area contributed by atoms with Crippen LogP contribution in [0.25, 0.3) is 11.1 Å². The first-order chi connectivity index (χ1) is 17.4. The van der Waals surface area contributed by atoms with E-state index in [1.54, 1.807) is 47.4 Å². The van der Waals surface area contributed by atoms with Crippen molar-refractivity contribution in [1.29, 1.82) is 0 Å². The van der Waals surface area contributed by atoms with Crippen LogP contribution in [-0.4, -0.2) is 21.2 Å². The van der Waals surface area contributed by atoms with Gasteiger partial charge >= 0.3 is 0 Å². The Hall–Kier alpha value is -4.16. The maximum Gasteiger partial charge on any atom is 0.230 e. The predicted octanol–water partition coefficient (Wildman–Crippen LogP) is 6.51. The lowest BCUT2D eigenvalue weighted by molar-refractivity contribution is -0.124. The van der Waals surface area contributed by atoms with Crippen molar-refractivity contribution in [2.24, 2.45) is 0 Å². The first-order valence-corrected chi connectivity index (χ1v) is 11.8. The predicted molar refractivity (Wildman–Crippen MR) is 138 cm³/mol. The summed E-state index contributed by atoms with van der Waals surface area (Å²) in [4.78, 5) is 13.8. The van der Waals surface area contributed by atoms with Crippen LogP contribution in [0.4, 0.5) is 10.1 Å². The normalized spacial score (nSPS) is 15.5. The van der Waals surface area contributed by atoms with Gasteiger partial charge in [0.25, 0.3) is 0 Å². The standard InChI is InChI=1S/C21H17NO3.C9H11FO/c23-19-9-5-4-8-16(19)14-10-11-17(20(24)12-14)18-13-21(25)22(18)15-6-2-1-3-7-15;1-2-9(11)7-5-3-4-6-8(7)10/h1-12,18,23-24H,13H2;3-6,9,11H,2H2,1H3. The molecule has 1 heterocycles.